The van der Waals surface area contributed by atoms with E-state index in [1.807, 2.05) is 13.0 Å². The fraction of sp³-hybridized carbons (Fsp3) is 0.588. The lowest BCUT2D eigenvalue weighted by atomic mass is 10.00. The maximum Gasteiger partial charge on any atom is 0.407 e. The Kier molecular flexibility index (Phi) is 6.84. The highest BCUT2D eigenvalue weighted by atomic mass is 16.6. The number of methoxy groups -OCH3 is 1. The fourth-order valence-electron chi connectivity index (χ4n) is 2.06. The number of aryl methyl sites for hydroxylation is 1. The third kappa shape index (κ3) is 6.46. The number of amides is 1. The molecule has 1 amide bonds. The van der Waals surface area contributed by atoms with Gasteiger partial charge in [-0.15, -0.1) is 0 Å². The first-order chi connectivity index (χ1) is 10.6. The van der Waals surface area contributed by atoms with Crippen molar-refractivity contribution in [3.05, 3.63) is 29.3 Å². The second-order valence-electron chi connectivity index (χ2n) is 6.47. The van der Waals surface area contributed by atoms with Gasteiger partial charge in [-0.3, -0.25) is 0 Å². The SMILES string of the molecule is COc1cc(C)ccc1C(O)C(O)CCNC(=O)OC(C)(C)C. The molecule has 2 atom stereocenters. The van der Waals surface area contributed by atoms with Crippen molar-refractivity contribution >= 4 is 6.09 Å². The number of hydrogen-bond acceptors (Lipinski definition) is 5. The van der Waals surface area contributed by atoms with Gasteiger partial charge in [-0.1, -0.05) is 12.1 Å². The van der Waals surface area contributed by atoms with Crippen LogP contribution in [0.4, 0.5) is 4.79 Å². The summed E-state index contributed by atoms with van der Waals surface area (Å²) >= 11 is 0. The van der Waals surface area contributed by atoms with Gasteiger partial charge in [0.25, 0.3) is 0 Å². The molecule has 1 aromatic rings. The van der Waals surface area contributed by atoms with Crippen LogP contribution in [0.5, 0.6) is 5.75 Å². The molecule has 0 saturated heterocycles. The lowest BCUT2D eigenvalue weighted by Gasteiger charge is -2.22. The molecule has 0 aliphatic carbocycles. The Balaban J connectivity index is 2.55. The largest absolute Gasteiger partial charge is 0.496 e. The van der Waals surface area contributed by atoms with Gasteiger partial charge in [-0.05, 0) is 45.7 Å². The Bertz CT molecular complexity index is 524. The van der Waals surface area contributed by atoms with Gasteiger partial charge in [0.1, 0.15) is 17.5 Å². The topological polar surface area (TPSA) is 88.0 Å². The highest BCUT2D eigenvalue weighted by Gasteiger charge is 2.22. The number of benzene rings is 1. The molecule has 0 aliphatic heterocycles. The van der Waals surface area contributed by atoms with Crippen molar-refractivity contribution in [2.75, 3.05) is 13.7 Å². The normalized spacial score (nSPS) is 14.0. The molecule has 2 unspecified atom stereocenters. The third-order valence-electron chi connectivity index (χ3n) is 3.18. The first kappa shape index (κ1) is 19.3. The van der Waals surface area contributed by atoms with Gasteiger partial charge in [-0.2, -0.15) is 0 Å². The van der Waals surface area contributed by atoms with Crippen molar-refractivity contribution in [1.29, 1.82) is 0 Å². The van der Waals surface area contributed by atoms with Crippen LogP contribution in [0.15, 0.2) is 18.2 Å². The van der Waals surface area contributed by atoms with Crippen molar-refractivity contribution in [3.63, 3.8) is 0 Å². The van der Waals surface area contributed by atoms with Gasteiger partial charge in [0, 0.05) is 12.1 Å². The molecule has 0 aliphatic rings. The maximum atomic E-state index is 11.5. The van der Waals surface area contributed by atoms with Gasteiger partial charge in [0.05, 0.1) is 13.2 Å². The summed E-state index contributed by atoms with van der Waals surface area (Å²) in [5.41, 5.74) is 0.944. The van der Waals surface area contributed by atoms with Gasteiger partial charge in [0.15, 0.2) is 0 Å². The van der Waals surface area contributed by atoms with Crippen LogP contribution in [0.3, 0.4) is 0 Å². The van der Waals surface area contributed by atoms with E-state index in [2.05, 4.69) is 5.32 Å². The Labute approximate surface area is 137 Å². The van der Waals surface area contributed by atoms with Crippen LogP contribution in [0.2, 0.25) is 0 Å². The lowest BCUT2D eigenvalue weighted by Crippen LogP contribution is -2.34. The van der Waals surface area contributed by atoms with E-state index in [1.54, 1.807) is 32.9 Å². The minimum absolute atomic E-state index is 0.192. The van der Waals surface area contributed by atoms with Crippen molar-refractivity contribution in [2.24, 2.45) is 0 Å². The summed E-state index contributed by atoms with van der Waals surface area (Å²) in [4.78, 5) is 11.5. The van der Waals surface area contributed by atoms with E-state index in [0.29, 0.717) is 11.3 Å². The van der Waals surface area contributed by atoms with Crippen molar-refractivity contribution < 1.29 is 24.5 Å². The number of hydrogen-bond donors (Lipinski definition) is 3. The molecule has 130 valence electrons. The van der Waals surface area contributed by atoms with E-state index in [1.165, 1.54) is 7.11 Å². The molecule has 23 heavy (non-hydrogen) atoms. The zero-order valence-corrected chi connectivity index (χ0v) is 14.4. The molecule has 1 aromatic carbocycles. The molecule has 0 aromatic heterocycles. The van der Waals surface area contributed by atoms with E-state index in [0.717, 1.165) is 5.56 Å². The lowest BCUT2D eigenvalue weighted by molar-refractivity contribution is 0.0110. The van der Waals surface area contributed by atoms with E-state index in [-0.39, 0.29) is 13.0 Å². The van der Waals surface area contributed by atoms with Crippen LogP contribution >= 0.6 is 0 Å². The molecule has 6 heteroatoms. The average Bonchev–Trinajstić information content (AvgIpc) is 2.44. The van der Waals surface area contributed by atoms with E-state index in [4.69, 9.17) is 9.47 Å². The summed E-state index contributed by atoms with van der Waals surface area (Å²) in [6.45, 7) is 7.43. The second kappa shape index (κ2) is 8.17. The van der Waals surface area contributed by atoms with E-state index in [9.17, 15) is 15.0 Å². The molecule has 0 spiro atoms. The molecule has 0 saturated carbocycles. The summed E-state index contributed by atoms with van der Waals surface area (Å²) in [6, 6.07) is 5.36. The quantitative estimate of drug-likeness (QED) is 0.747. The highest BCUT2D eigenvalue weighted by Crippen LogP contribution is 2.29. The van der Waals surface area contributed by atoms with Gasteiger partial charge in [-0.25, -0.2) is 4.79 Å². The van der Waals surface area contributed by atoms with Gasteiger partial charge in [0.2, 0.25) is 0 Å². The average molecular weight is 325 g/mol. The zero-order chi connectivity index (χ0) is 17.6. The molecule has 0 radical (unpaired) electrons. The zero-order valence-electron chi connectivity index (χ0n) is 14.4. The van der Waals surface area contributed by atoms with Crippen LogP contribution in [0.1, 0.15) is 44.4 Å². The summed E-state index contributed by atoms with van der Waals surface area (Å²) in [5, 5.41) is 22.9. The minimum Gasteiger partial charge on any atom is -0.496 e. The smallest absolute Gasteiger partial charge is 0.407 e. The number of carbonyl (C=O) groups is 1. The Morgan fingerprint density at radius 2 is 1.96 bits per heavy atom. The van der Waals surface area contributed by atoms with E-state index >= 15 is 0 Å². The fourth-order valence-corrected chi connectivity index (χ4v) is 2.06. The number of aliphatic hydroxyl groups is 2. The Morgan fingerprint density at radius 3 is 2.52 bits per heavy atom. The van der Waals surface area contributed by atoms with Gasteiger partial charge >= 0.3 is 6.09 Å². The van der Waals surface area contributed by atoms with Crippen LogP contribution in [0.25, 0.3) is 0 Å². The molecular weight excluding hydrogens is 298 g/mol. The van der Waals surface area contributed by atoms with Gasteiger partial charge < -0.3 is 25.0 Å². The molecular formula is C17H27NO5. The second-order valence-corrected chi connectivity index (χ2v) is 6.47. The molecule has 0 fully saturated rings. The first-order valence-electron chi connectivity index (χ1n) is 7.61. The molecule has 0 heterocycles. The Hall–Kier alpha value is -1.79. The predicted molar refractivity (Wildman–Crippen MR) is 87.6 cm³/mol. The highest BCUT2D eigenvalue weighted by molar-refractivity contribution is 5.67. The van der Waals surface area contributed by atoms with Crippen molar-refractivity contribution in [2.45, 2.75) is 51.9 Å². The van der Waals surface area contributed by atoms with Crippen LogP contribution in [0, 0.1) is 6.92 Å². The number of nitrogens with one attached hydrogen (secondary N) is 1. The van der Waals surface area contributed by atoms with Crippen molar-refractivity contribution in [1.82, 2.24) is 5.32 Å². The number of aliphatic hydroxyl groups excluding tert-OH is 2. The van der Waals surface area contributed by atoms with Crippen LogP contribution in [-0.4, -0.2) is 41.7 Å². The maximum absolute atomic E-state index is 11.5. The van der Waals surface area contributed by atoms with Crippen LogP contribution in [-0.2, 0) is 4.74 Å². The molecule has 6 nitrogen and oxygen atoms in total. The molecule has 1 rings (SSSR count). The van der Waals surface area contributed by atoms with Crippen molar-refractivity contribution in [3.8, 4) is 5.75 Å². The number of carbonyl (C=O) groups excluding carboxylic acids is 1. The minimum atomic E-state index is -1.09. The number of rotatable bonds is 6. The third-order valence-corrected chi connectivity index (χ3v) is 3.18. The molecule has 0 bridgehead atoms. The monoisotopic (exact) mass is 325 g/mol. The predicted octanol–water partition coefficient (Wildman–Crippen LogP) is 2.31. The summed E-state index contributed by atoms with van der Waals surface area (Å²) in [7, 11) is 1.52. The summed E-state index contributed by atoms with van der Waals surface area (Å²) in [6.07, 6.45) is -2.48. The summed E-state index contributed by atoms with van der Waals surface area (Å²) < 4.78 is 10.3. The summed E-state index contributed by atoms with van der Waals surface area (Å²) in [5.74, 6) is 0.525. The standard InChI is InChI=1S/C17H27NO5/c1-11-6-7-12(14(10-11)22-5)15(20)13(19)8-9-18-16(21)23-17(2,3)4/h6-7,10,13,15,19-20H,8-9H2,1-5H3,(H,18,21). The van der Waals surface area contributed by atoms with Crippen LogP contribution < -0.4 is 10.1 Å². The Morgan fingerprint density at radius 1 is 1.30 bits per heavy atom. The number of ether oxygens (including phenoxy) is 2. The number of alkyl carbamates (subject to hydrolysis) is 1. The first-order valence-corrected chi connectivity index (χ1v) is 7.61. The van der Waals surface area contributed by atoms with E-state index < -0.39 is 23.9 Å². The molecule has 3 N–H and O–H groups in total.